The van der Waals surface area contributed by atoms with Crippen LogP contribution in [0.25, 0.3) is 16.8 Å². The van der Waals surface area contributed by atoms with E-state index in [-0.39, 0.29) is 5.56 Å². The van der Waals surface area contributed by atoms with Gasteiger partial charge in [-0.2, -0.15) is 0 Å². The van der Waals surface area contributed by atoms with Gasteiger partial charge in [0, 0.05) is 49.5 Å². The predicted molar refractivity (Wildman–Crippen MR) is 102 cm³/mol. The van der Waals surface area contributed by atoms with E-state index in [1.165, 1.54) is 0 Å². The topological polar surface area (TPSA) is 52.2 Å². The summed E-state index contributed by atoms with van der Waals surface area (Å²) < 4.78 is 3.77. The van der Waals surface area contributed by atoms with Gasteiger partial charge in [-0.3, -0.25) is 9.78 Å². The minimum absolute atomic E-state index is 0.0329. The van der Waals surface area contributed by atoms with E-state index in [0.717, 1.165) is 45.7 Å². The highest BCUT2D eigenvalue weighted by Crippen LogP contribution is 2.23. The average Bonchev–Trinajstić information content (AvgIpc) is 2.95. The number of rotatable bonds is 3. The Labute approximate surface area is 151 Å². The largest absolute Gasteiger partial charge is 0.318 e. The van der Waals surface area contributed by atoms with E-state index in [9.17, 15) is 4.79 Å². The van der Waals surface area contributed by atoms with E-state index in [4.69, 9.17) is 0 Å². The Bertz CT molecular complexity index is 1130. The van der Waals surface area contributed by atoms with Gasteiger partial charge in [-0.05, 0) is 54.8 Å². The van der Waals surface area contributed by atoms with Crippen LogP contribution >= 0.6 is 0 Å². The van der Waals surface area contributed by atoms with Crippen molar-refractivity contribution in [2.45, 2.75) is 20.3 Å². The molecule has 0 aliphatic carbocycles. The molecule has 0 bridgehead atoms. The zero-order valence-electron chi connectivity index (χ0n) is 15.1. The van der Waals surface area contributed by atoms with Gasteiger partial charge in [-0.25, -0.2) is 4.98 Å². The van der Waals surface area contributed by atoms with Gasteiger partial charge in [0.25, 0.3) is 5.56 Å². The molecule has 5 nitrogen and oxygen atoms in total. The molecule has 26 heavy (non-hydrogen) atoms. The number of pyridine rings is 3. The first-order valence-corrected chi connectivity index (χ1v) is 8.57. The fourth-order valence-electron chi connectivity index (χ4n) is 3.33. The normalized spacial score (nSPS) is 11.2. The minimum Gasteiger partial charge on any atom is -0.318 e. The molecule has 5 heteroatoms. The third-order valence-electron chi connectivity index (χ3n) is 4.71. The van der Waals surface area contributed by atoms with E-state index >= 15 is 0 Å². The monoisotopic (exact) mass is 344 g/mol. The molecule has 0 amide bonds. The Balaban J connectivity index is 1.84. The summed E-state index contributed by atoms with van der Waals surface area (Å²) in [6.07, 6.45) is 8.42. The van der Waals surface area contributed by atoms with E-state index in [0.29, 0.717) is 0 Å². The van der Waals surface area contributed by atoms with Gasteiger partial charge in [-0.15, -0.1) is 0 Å². The highest BCUT2D eigenvalue weighted by Gasteiger charge is 2.11. The van der Waals surface area contributed by atoms with Gasteiger partial charge in [0.15, 0.2) is 0 Å². The lowest BCUT2D eigenvalue weighted by atomic mass is 10.1. The Morgan fingerprint density at radius 2 is 1.92 bits per heavy atom. The molecule has 0 unspecified atom stereocenters. The van der Waals surface area contributed by atoms with Crippen LogP contribution in [-0.2, 0) is 13.5 Å². The summed E-state index contributed by atoms with van der Waals surface area (Å²) >= 11 is 0. The first-order chi connectivity index (χ1) is 12.5. The highest BCUT2D eigenvalue weighted by atomic mass is 16.1. The molecule has 130 valence electrons. The molecule has 0 aromatic carbocycles. The number of hydrogen-bond acceptors (Lipinski definition) is 3. The maximum Gasteiger partial charge on any atom is 0.253 e. The number of aryl methyl sites for hydroxylation is 3. The molecule has 0 aliphatic rings. The minimum atomic E-state index is 0.0329. The summed E-state index contributed by atoms with van der Waals surface area (Å²) in [6.45, 7) is 3.88. The van der Waals surface area contributed by atoms with Crippen LogP contribution in [0.1, 0.15) is 22.5 Å². The SMILES string of the molecule is Cc1nc2ccc(-c3cc(C)c(=O)n(C)c3)cn2c1Cc1cccnc1. The first kappa shape index (κ1) is 16.3. The summed E-state index contributed by atoms with van der Waals surface area (Å²) in [7, 11) is 1.78. The number of nitrogens with zero attached hydrogens (tertiary/aromatic N) is 4. The van der Waals surface area contributed by atoms with Gasteiger partial charge in [0.05, 0.1) is 5.69 Å². The van der Waals surface area contributed by atoms with E-state index in [2.05, 4.69) is 32.7 Å². The Hall–Kier alpha value is -3.21. The van der Waals surface area contributed by atoms with Gasteiger partial charge < -0.3 is 8.97 Å². The van der Waals surface area contributed by atoms with Gasteiger partial charge in [0.1, 0.15) is 5.65 Å². The lowest BCUT2D eigenvalue weighted by Crippen LogP contribution is -2.18. The second-order valence-corrected chi connectivity index (χ2v) is 6.66. The van der Waals surface area contributed by atoms with Crippen LogP contribution in [0.2, 0.25) is 0 Å². The van der Waals surface area contributed by atoms with Crippen molar-refractivity contribution >= 4 is 5.65 Å². The standard InChI is InChI=1S/C21H20N4O/c1-14-9-18(12-24(3)21(14)26)17-6-7-20-23-15(2)19(25(20)13-17)10-16-5-4-8-22-11-16/h4-9,11-13H,10H2,1-3H3. The highest BCUT2D eigenvalue weighted by molar-refractivity contribution is 5.65. The van der Waals surface area contributed by atoms with Crippen LogP contribution in [0.3, 0.4) is 0 Å². The van der Waals surface area contributed by atoms with Crippen LogP contribution in [0, 0.1) is 13.8 Å². The molecule has 0 fully saturated rings. The van der Waals surface area contributed by atoms with Gasteiger partial charge >= 0.3 is 0 Å². The molecule has 0 saturated heterocycles. The molecule has 4 heterocycles. The second kappa shape index (κ2) is 6.26. The molecule has 0 N–H and O–H groups in total. The fraction of sp³-hybridized carbons (Fsp3) is 0.190. The zero-order valence-corrected chi connectivity index (χ0v) is 15.1. The summed E-state index contributed by atoms with van der Waals surface area (Å²) in [6, 6.07) is 10.0. The maximum absolute atomic E-state index is 12.0. The van der Waals surface area contributed by atoms with Crippen molar-refractivity contribution in [2.75, 3.05) is 0 Å². The van der Waals surface area contributed by atoms with E-state index in [1.807, 2.05) is 44.4 Å². The van der Waals surface area contributed by atoms with Crippen LogP contribution in [-0.4, -0.2) is 18.9 Å². The smallest absolute Gasteiger partial charge is 0.253 e. The summed E-state index contributed by atoms with van der Waals surface area (Å²) in [4.78, 5) is 20.9. The molecule has 4 rings (SSSR count). The van der Waals surface area contributed by atoms with Gasteiger partial charge in [0.2, 0.25) is 0 Å². The molecular weight excluding hydrogens is 324 g/mol. The number of imidazole rings is 1. The van der Waals surface area contributed by atoms with E-state index < -0.39 is 0 Å². The van der Waals surface area contributed by atoms with Crippen molar-refractivity contribution in [3.63, 3.8) is 0 Å². The third-order valence-corrected chi connectivity index (χ3v) is 4.71. The van der Waals surface area contributed by atoms with Crippen LogP contribution in [0.5, 0.6) is 0 Å². The summed E-state index contributed by atoms with van der Waals surface area (Å²) in [5.74, 6) is 0. The number of hydrogen-bond donors (Lipinski definition) is 0. The fourth-order valence-corrected chi connectivity index (χ4v) is 3.33. The van der Waals surface area contributed by atoms with Crippen LogP contribution in [0.4, 0.5) is 0 Å². The van der Waals surface area contributed by atoms with Crippen molar-refractivity contribution in [3.8, 4) is 11.1 Å². The molecule has 4 aromatic heterocycles. The Morgan fingerprint density at radius 3 is 2.65 bits per heavy atom. The molecule has 0 radical (unpaired) electrons. The predicted octanol–water partition coefficient (Wildman–Crippen LogP) is 3.30. The van der Waals surface area contributed by atoms with Crippen molar-refractivity contribution < 1.29 is 0 Å². The van der Waals surface area contributed by atoms with Crippen molar-refractivity contribution in [3.05, 3.63) is 88.0 Å². The quantitative estimate of drug-likeness (QED) is 0.573. The van der Waals surface area contributed by atoms with Gasteiger partial charge in [-0.1, -0.05) is 6.07 Å². The van der Waals surface area contributed by atoms with Crippen LogP contribution in [0.15, 0.2) is 59.9 Å². The van der Waals surface area contributed by atoms with Crippen LogP contribution < -0.4 is 5.56 Å². The molecular formula is C21H20N4O. The molecule has 4 aromatic rings. The maximum atomic E-state index is 12.0. The molecule has 0 saturated carbocycles. The average molecular weight is 344 g/mol. The third kappa shape index (κ3) is 2.81. The van der Waals surface area contributed by atoms with Crippen molar-refractivity contribution in [1.82, 2.24) is 18.9 Å². The molecule has 0 aliphatic heterocycles. The number of aromatic nitrogens is 4. The second-order valence-electron chi connectivity index (χ2n) is 6.66. The van der Waals surface area contributed by atoms with Crippen molar-refractivity contribution in [2.24, 2.45) is 7.05 Å². The summed E-state index contributed by atoms with van der Waals surface area (Å²) in [5.41, 5.74) is 7.09. The lowest BCUT2D eigenvalue weighted by molar-refractivity contribution is 0.850. The van der Waals surface area contributed by atoms with E-state index in [1.54, 1.807) is 17.8 Å². The van der Waals surface area contributed by atoms with Crippen molar-refractivity contribution in [1.29, 1.82) is 0 Å². The molecule has 0 atom stereocenters. The molecule has 0 spiro atoms. The number of fused-ring (bicyclic) bond motifs is 1. The Morgan fingerprint density at radius 1 is 1.08 bits per heavy atom. The summed E-state index contributed by atoms with van der Waals surface area (Å²) in [5, 5.41) is 0. The lowest BCUT2D eigenvalue weighted by Gasteiger charge is -2.09. The zero-order chi connectivity index (χ0) is 18.3. The Kier molecular flexibility index (Phi) is 3.92. The first-order valence-electron chi connectivity index (χ1n) is 8.57.